The van der Waals surface area contributed by atoms with E-state index in [-0.39, 0.29) is 16.9 Å². The average molecular weight is 260 g/mol. The third kappa shape index (κ3) is 6.55. The van der Waals surface area contributed by atoms with E-state index in [4.69, 9.17) is 13.6 Å². The summed E-state index contributed by atoms with van der Waals surface area (Å²) in [5.74, 6) is 0. The fourth-order valence-electron chi connectivity index (χ4n) is 1.85. The van der Waals surface area contributed by atoms with Crippen LogP contribution in [0.25, 0.3) is 0 Å². The summed E-state index contributed by atoms with van der Waals surface area (Å²) in [6.07, 6.45) is 3.49. The third-order valence-corrected chi connectivity index (χ3v) is 5.47. The van der Waals surface area contributed by atoms with Gasteiger partial charge in [0.2, 0.25) is 0 Å². The highest BCUT2D eigenvalue weighted by molar-refractivity contribution is 6.46. The number of hydrogen-bond donors (Lipinski definition) is 0. The van der Waals surface area contributed by atoms with Crippen molar-refractivity contribution in [2.24, 2.45) is 0 Å². The molecular weight excluding hydrogens is 232 g/mol. The minimum Gasteiger partial charge on any atom is -0.390 e. The summed E-state index contributed by atoms with van der Waals surface area (Å²) in [7, 11) is -1.79. The minimum absolute atomic E-state index is 0.150. The van der Waals surface area contributed by atoms with Crippen LogP contribution in [0.3, 0.4) is 0 Å². The zero-order valence-corrected chi connectivity index (χ0v) is 13.4. The van der Waals surface area contributed by atoms with Crippen molar-refractivity contribution in [3.05, 3.63) is 0 Å². The molecule has 0 spiro atoms. The molecule has 1 atom stereocenters. The van der Waals surface area contributed by atoms with Crippen LogP contribution >= 0.6 is 0 Å². The SMILES string of the molecule is CC(C)(C)O[SiH](OC(C)(C)C)C1CCCCO1. The maximum absolute atomic E-state index is 6.14. The van der Waals surface area contributed by atoms with Crippen molar-refractivity contribution in [1.82, 2.24) is 0 Å². The van der Waals surface area contributed by atoms with Crippen molar-refractivity contribution in [3.8, 4) is 0 Å². The fraction of sp³-hybridized carbons (Fsp3) is 1.00. The number of ether oxygens (including phenoxy) is 1. The van der Waals surface area contributed by atoms with Crippen molar-refractivity contribution in [1.29, 1.82) is 0 Å². The van der Waals surface area contributed by atoms with Crippen LogP contribution in [0, 0.1) is 0 Å². The molecule has 1 fully saturated rings. The maximum Gasteiger partial charge on any atom is 0.352 e. The summed E-state index contributed by atoms with van der Waals surface area (Å²) in [5, 5.41) is 0. The van der Waals surface area contributed by atoms with Gasteiger partial charge in [-0.25, -0.2) is 0 Å². The lowest BCUT2D eigenvalue weighted by atomic mass is 10.2. The van der Waals surface area contributed by atoms with E-state index >= 15 is 0 Å². The second-order valence-corrected chi connectivity index (χ2v) is 8.69. The molecule has 102 valence electrons. The molecule has 0 saturated carbocycles. The quantitative estimate of drug-likeness (QED) is 0.730. The fourth-order valence-corrected chi connectivity index (χ4v) is 4.40. The Hall–Kier alpha value is 0.0969. The summed E-state index contributed by atoms with van der Waals surface area (Å²) in [5.41, 5.74) is -0.0893. The van der Waals surface area contributed by atoms with Crippen molar-refractivity contribution < 1.29 is 13.6 Å². The zero-order chi connectivity index (χ0) is 13.1. The van der Waals surface area contributed by atoms with E-state index in [9.17, 15) is 0 Å². The van der Waals surface area contributed by atoms with Gasteiger partial charge in [-0.05, 0) is 60.8 Å². The van der Waals surface area contributed by atoms with Crippen molar-refractivity contribution in [2.75, 3.05) is 6.61 Å². The molecule has 0 aromatic rings. The Balaban J connectivity index is 2.63. The van der Waals surface area contributed by atoms with Crippen LogP contribution in [0.2, 0.25) is 0 Å². The summed E-state index contributed by atoms with van der Waals surface area (Å²) >= 11 is 0. The van der Waals surface area contributed by atoms with Crippen LogP contribution < -0.4 is 0 Å². The molecule has 1 aliphatic heterocycles. The molecule has 0 bridgehead atoms. The monoisotopic (exact) mass is 260 g/mol. The van der Waals surface area contributed by atoms with Gasteiger partial charge in [0.15, 0.2) is 0 Å². The highest BCUT2D eigenvalue weighted by atomic mass is 28.3. The minimum atomic E-state index is -1.79. The van der Waals surface area contributed by atoms with Gasteiger partial charge in [-0.3, -0.25) is 0 Å². The highest BCUT2D eigenvalue weighted by Crippen LogP contribution is 2.23. The average Bonchev–Trinajstić information content (AvgIpc) is 2.14. The molecule has 1 saturated heterocycles. The standard InChI is InChI=1S/C13H28O3Si/c1-12(2,3)15-17(16-13(4,5)6)11-9-7-8-10-14-11/h11,17H,7-10H2,1-6H3. The Bertz CT molecular complexity index is 208. The van der Waals surface area contributed by atoms with Gasteiger partial charge in [0.1, 0.15) is 0 Å². The molecule has 0 aromatic heterocycles. The normalized spacial score (nSPS) is 23.1. The van der Waals surface area contributed by atoms with Crippen LogP contribution in [-0.4, -0.2) is 32.8 Å². The van der Waals surface area contributed by atoms with Crippen LogP contribution in [0.15, 0.2) is 0 Å². The second kappa shape index (κ2) is 5.82. The lowest BCUT2D eigenvalue weighted by Gasteiger charge is -2.37. The second-order valence-electron chi connectivity index (χ2n) is 6.73. The van der Waals surface area contributed by atoms with Gasteiger partial charge in [0.05, 0.1) is 5.73 Å². The van der Waals surface area contributed by atoms with Crippen LogP contribution in [0.1, 0.15) is 60.8 Å². The topological polar surface area (TPSA) is 27.7 Å². The molecule has 17 heavy (non-hydrogen) atoms. The van der Waals surface area contributed by atoms with Gasteiger partial charge < -0.3 is 13.6 Å². The van der Waals surface area contributed by atoms with E-state index in [1.807, 2.05) is 0 Å². The molecule has 1 heterocycles. The lowest BCUT2D eigenvalue weighted by Crippen LogP contribution is -2.48. The molecule has 1 unspecified atom stereocenters. The lowest BCUT2D eigenvalue weighted by molar-refractivity contribution is -0.0221. The highest BCUT2D eigenvalue weighted by Gasteiger charge is 2.35. The molecule has 0 aromatic carbocycles. The van der Waals surface area contributed by atoms with Crippen LogP contribution in [-0.2, 0) is 13.6 Å². The maximum atomic E-state index is 6.14. The first-order valence-corrected chi connectivity index (χ1v) is 8.26. The number of hydrogen-bond acceptors (Lipinski definition) is 3. The van der Waals surface area contributed by atoms with E-state index in [0.717, 1.165) is 13.0 Å². The molecule has 3 nitrogen and oxygen atoms in total. The molecular formula is C13H28O3Si. The van der Waals surface area contributed by atoms with E-state index in [2.05, 4.69) is 41.5 Å². The van der Waals surface area contributed by atoms with Crippen molar-refractivity contribution in [3.63, 3.8) is 0 Å². The Morgan fingerprint density at radius 2 is 1.47 bits per heavy atom. The van der Waals surface area contributed by atoms with Crippen molar-refractivity contribution in [2.45, 2.75) is 77.7 Å². The van der Waals surface area contributed by atoms with E-state index < -0.39 is 9.28 Å². The smallest absolute Gasteiger partial charge is 0.352 e. The van der Waals surface area contributed by atoms with E-state index in [1.54, 1.807) is 0 Å². The summed E-state index contributed by atoms with van der Waals surface area (Å²) in [6.45, 7) is 13.4. The zero-order valence-electron chi connectivity index (χ0n) is 12.2. The summed E-state index contributed by atoms with van der Waals surface area (Å²) in [4.78, 5) is 0. The summed E-state index contributed by atoms with van der Waals surface area (Å²) < 4.78 is 18.1. The Morgan fingerprint density at radius 3 is 1.82 bits per heavy atom. The van der Waals surface area contributed by atoms with Crippen LogP contribution in [0.4, 0.5) is 0 Å². The van der Waals surface area contributed by atoms with Gasteiger partial charge in [-0.2, -0.15) is 0 Å². The molecule has 1 rings (SSSR count). The molecule has 0 amide bonds. The third-order valence-electron chi connectivity index (χ3n) is 2.46. The van der Waals surface area contributed by atoms with Crippen molar-refractivity contribution >= 4 is 9.28 Å². The molecule has 0 aliphatic carbocycles. The molecule has 1 aliphatic rings. The molecule has 0 radical (unpaired) electrons. The Labute approximate surface area is 108 Å². The first-order chi connectivity index (χ1) is 7.67. The van der Waals surface area contributed by atoms with E-state index in [0.29, 0.717) is 0 Å². The van der Waals surface area contributed by atoms with E-state index in [1.165, 1.54) is 12.8 Å². The van der Waals surface area contributed by atoms with Gasteiger partial charge in [0.25, 0.3) is 0 Å². The van der Waals surface area contributed by atoms with Gasteiger partial charge >= 0.3 is 9.28 Å². The largest absolute Gasteiger partial charge is 0.390 e. The number of rotatable bonds is 3. The predicted molar refractivity (Wildman–Crippen MR) is 72.4 cm³/mol. The first-order valence-electron chi connectivity index (χ1n) is 6.65. The predicted octanol–water partition coefficient (Wildman–Crippen LogP) is 2.95. The van der Waals surface area contributed by atoms with Crippen LogP contribution in [0.5, 0.6) is 0 Å². The molecule has 0 N–H and O–H groups in total. The van der Waals surface area contributed by atoms with Gasteiger partial charge in [0, 0.05) is 17.8 Å². The molecule has 4 heteroatoms. The summed E-state index contributed by atoms with van der Waals surface area (Å²) in [6, 6.07) is 0. The van der Waals surface area contributed by atoms with Gasteiger partial charge in [-0.1, -0.05) is 0 Å². The Kier molecular flexibility index (Phi) is 5.19. The van der Waals surface area contributed by atoms with Gasteiger partial charge in [-0.15, -0.1) is 0 Å². The Morgan fingerprint density at radius 1 is 0.941 bits per heavy atom. The first kappa shape index (κ1) is 15.2.